The van der Waals surface area contributed by atoms with Crippen molar-refractivity contribution in [2.75, 3.05) is 0 Å². The second-order valence-corrected chi connectivity index (χ2v) is 5.61. The molecule has 26 heavy (non-hydrogen) atoms. The van der Waals surface area contributed by atoms with Gasteiger partial charge in [-0.05, 0) is 38.1 Å². The van der Waals surface area contributed by atoms with Crippen LogP contribution in [0, 0.1) is 25.2 Å². The number of hydrogen-bond acceptors (Lipinski definition) is 4. The molecule has 0 aliphatic rings. The van der Waals surface area contributed by atoms with Crippen LogP contribution < -0.4 is 0 Å². The smallest absolute Gasteiger partial charge is 0.416 e. The fourth-order valence-electron chi connectivity index (χ4n) is 2.38. The Morgan fingerprint density at radius 3 is 2.58 bits per heavy atom. The van der Waals surface area contributed by atoms with Crippen molar-refractivity contribution < 1.29 is 22.0 Å². The number of halogens is 3. The zero-order valence-corrected chi connectivity index (χ0v) is 13.9. The van der Waals surface area contributed by atoms with Crippen LogP contribution in [0.2, 0.25) is 0 Å². The average Bonchev–Trinajstić information content (AvgIpc) is 3.18. The highest BCUT2D eigenvalue weighted by Gasteiger charge is 2.30. The topological polar surface area (TPSA) is 62.4 Å². The van der Waals surface area contributed by atoms with E-state index in [1.165, 1.54) is 18.3 Å². The van der Waals surface area contributed by atoms with Crippen LogP contribution in [0.1, 0.15) is 28.2 Å². The third-order valence-electron chi connectivity index (χ3n) is 3.89. The van der Waals surface area contributed by atoms with Gasteiger partial charge in [-0.25, -0.2) is 4.99 Å². The maximum Gasteiger partial charge on any atom is 0.416 e. The Bertz CT molecular complexity index is 1020. The fraction of sp³-hybridized carbons (Fsp3) is 0.158. The van der Waals surface area contributed by atoms with Gasteiger partial charge in [-0.2, -0.15) is 18.4 Å². The van der Waals surface area contributed by atoms with Crippen molar-refractivity contribution in [3.8, 4) is 17.4 Å². The number of aliphatic imine (C=N–C) groups is 1. The zero-order chi connectivity index (χ0) is 18.9. The van der Waals surface area contributed by atoms with Gasteiger partial charge in [0.1, 0.15) is 28.9 Å². The lowest BCUT2D eigenvalue weighted by molar-refractivity contribution is -0.137. The number of furan rings is 2. The Kier molecular flexibility index (Phi) is 4.43. The van der Waals surface area contributed by atoms with Crippen LogP contribution in [0.3, 0.4) is 0 Å². The van der Waals surface area contributed by atoms with Gasteiger partial charge in [0, 0.05) is 11.1 Å². The SMILES string of the molecule is Cc1oc(/N=C/c2ccc(-c3cccc(C(F)(F)F)c3)o2)c(C#N)c1C. The molecule has 0 aliphatic heterocycles. The minimum Gasteiger partial charge on any atom is -0.455 e. The summed E-state index contributed by atoms with van der Waals surface area (Å²) in [6.07, 6.45) is -3.06. The van der Waals surface area contributed by atoms with Gasteiger partial charge in [-0.15, -0.1) is 0 Å². The van der Waals surface area contributed by atoms with E-state index in [0.717, 1.165) is 12.1 Å². The molecule has 0 unspecified atom stereocenters. The molecule has 0 saturated carbocycles. The molecule has 4 nitrogen and oxygen atoms in total. The summed E-state index contributed by atoms with van der Waals surface area (Å²) in [4.78, 5) is 4.10. The molecule has 0 radical (unpaired) electrons. The normalized spacial score (nSPS) is 11.8. The van der Waals surface area contributed by atoms with E-state index in [2.05, 4.69) is 4.99 Å². The first-order valence-electron chi connectivity index (χ1n) is 7.61. The van der Waals surface area contributed by atoms with Gasteiger partial charge in [0.2, 0.25) is 5.88 Å². The minimum atomic E-state index is -4.42. The number of aryl methyl sites for hydroxylation is 1. The molecule has 2 aromatic heterocycles. The minimum absolute atomic E-state index is 0.166. The fourth-order valence-corrected chi connectivity index (χ4v) is 2.38. The molecule has 132 valence electrons. The monoisotopic (exact) mass is 358 g/mol. The van der Waals surface area contributed by atoms with E-state index in [9.17, 15) is 13.2 Å². The third-order valence-corrected chi connectivity index (χ3v) is 3.89. The molecular formula is C19H13F3N2O2. The van der Waals surface area contributed by atoms with Gasteiger partial charge in [-0.1, -0.05) is 12.1 Å². The van der Waals surface area contributed by atoms with E-state index in [1.54, 1.807) is 26.0 Å². The van der Waals surface area contributed by atoms with Crippen molar-refractivity contribution in [2.24, 2.45) is 4.99 Å². The van der Waals surface area contributed by atoms with Crippen molar-refractivity contribution >= 4 is 12.1 Å². The summed E-state index contributed by atoms with van der Waals surface area (Å²) in [6, 6.07) is 10.0. The second kappa shape index (κ2) is 6.56. The van der Waals surface area contributed by atoms with E-state index in [-0.39, 0.29) is 11.6 Å². The number of nitrogens with zero attached hydrogens (tertiary/aromatic N) is 2. The van der Waals surface area contributed by atoms with Crippen LogP contribution in [-0.2, 0) is 6.18 Å². The lowest BCUT2D eigenvalue weighted by Crippen LogP contribution is -2.04. The largest absolute Gasteiger partial charge is 0.455 e. The number of nitriles is 1. The van der Waals surface area contributed by atoms with Gasteiger partial charge in [0.25, 0.3) is 0 Å². The van der Waals surface area contributed by atoms with Crippen LogP contribution in [0.25, 0.3) is 11.3 Å². The first-order chi connectivity index (χ1) is 12.3. The molecule has 0 aliphatic carbocycles. The zero-order valence-electron chi connectivity index (χ0n) is 13.9. The van der Waals surface area contributed by atoms with Crippen LogP contribution in [0.5, 0.6) is 0 Å². The van der Waals surface area contributed by atoms with Crippen LogP contribution in [-0.4, -0.2) is 6.21 Å². The molecule has 0 atom stereocenters. The Morgan fingerprint density at radius 2 is 1.88 bits per heavy atom. The number of hydrogen-bond donors (Lipinski definition) is 0. The van der Waals surface area contributed by atoms with Gasteiger partial charge in [-0.3, -0.25) is 0 Å². The number of benzene rings is 1. The summed E-state index contributed by atoms with van der Waals surface area (Å²) in [7, 11) is 0. The first kappa shape index (κ1) is 17.5. The molecule has 2 heterocycles. The van der Waals surface area contributed by atoms with Gasteiger partial charge in [0.05, 0.1) is 11.8 Å². The Morgan fingerprint density at radius 1 is 1.12 bits per heavy atom. The highest BCUT2D eigenvalue weighted by Crippen LogP contribution is 2.33. The first-order valence-corrected chi connectivity index (χ1v) is 7.61. The Labute approximate surface area is 147 Å². The maximum atomic E-state index is 12.8. The Balaban J connectivity index is 1.88. The molecular weight excluding hydrogens is 345 g/mol. The van der Waals surface area contributed by atoms with E-state index < -0.39 is 11.7 Å². The molecule has 0 amide bonds. The van der Waals surface area contributed by atoms with E-state index in [0.29, 0.717) is 28.2 Å². The summed E-state index contributed by atoms with van der Waals surface area (Å²) < 4.78 is 49.4. The molecule has 0 spiro atoms. The molecule has 3 aromatic rings. The van der Waals surface area contributed by atoms with E-state index >= 15 is 0 Å². The van der Waals surface area contributed by atoms with Crippen molar-refractivity contribution in [3.63, 3.8) is 0 Å². The molecule has 7 heteroatoms. The summed E-state index contributed by atoms with van der Waals surface area (Å²) in [5, 5.41) is 9.16. The quantitative estimate of drug-likeness (QED) is 0.556. The van der Waals surface area contributed by atoms with E-state index in [1.807, 2.05) is 6.07 Å². The van der Waals surface area contributed by atoms with E-state index in [4.69, 9.17) is 14.1 Å². The molecule has 0 fully saturated rings. The van der Waals surface area contributed by atoms with Crippen molar-refractivity contribution in [2.45, 2.75) is 20.0 Å². The molecule has 0 saturated heterocycles. The molecule has 0 bridgehead atoms. The number of alkyl halides is 3. The van der Waals surface area contributed by atoms with Crippen molar-refractivity contribution in [1.82, 2.24) is 0 Å². The highest BCUT2D eigenvalue weighted by atomic mass is 19.4. The van der Waals surface area contributed by atoms with Crippen LogP contribution >= 0.6 is 0 Å². The lowest BCUT2D eigenvalue weighted by atomic mass is 10.1. The summed E-state index contributed by atoms with van der Waals surface area (Å²) in [5.74, 6) is 1.37. The summed E-state index contributed by atoms with van der Waals surface area (Å²) in [6.45, 7) is 3.49. The molecule has 1 aromatic carbocycles. The van der Waals surface area contributed by atoms with Crippen LogP contribution in [0.4, 0.5) is 19.1 Å². The summed E-state index contributed by atoms with van der Waals surface area (Å²) >= 11 is 0. The third kappa shape index (κ3) is 3.40. The predicted octanol–water partition coefficient (Wildman–Crippen LogP) is 5.80. The lowest BCUT2D eigenvalue weighted by Gasteiger charge is -2.07. The van der Waals surface area contributed by atoms with Gasteiger partial charge in [0.15, 0.2) is 0 Å². The number of rotatable bonds is 3. The van der Waals surface area contributed by atoms with Crippen molar-refractivity contribution in [3.05, 3.63) is 64.6 Å². The summed E-state index contributed by atoms with van der Waals surface area (Å²) in [5.41, 5.74) is 0.607. The molecule has 0 N–H and O–H groups in total. The standard InChI is InChI=1S/C19H13F3N2O2/c1-11-12(2)25-18(16(11)9-23)24-10-15-6-7-17(26-15)13-4-3-5-14(8-13)19(20,21)22/h3-8,10H,1-2H3/b24-10+. The maximum absolute atomic E-state index is 12.8. The molecule has 3 rings (SSSR count). The highest BCUT2D eigenvalue weighted by molar-refractivity contribution is 5.80. The second-order valence-electron chi connectivity index (χ2n) is 5.61. The Hall–Kier alpha value is -3.27. The van der Waals surface area contributed by atoms with Gasteiger partial charge >= 0.3 is 6.18 Å². The van der Waals surface area contributed by atoms with Gasteiger partial charge < -0.3 is 8.83 Å². The van der Waals surface area contributed by atoms with Crippen LogP contribution in [0.15, 0.2) is 50.2 Å². The predicted molar refractivity (Wildman–Crippen MR) is 89.3 cm³/mol. The average molecular weight is 358 g/mol. The van der Waals surface area contributed by atoms with Crippen molar-refractivity contribution in [1.29, 1.82) is 5.26 Å².